The van der Waals surface area contributed by atoms with Gasteiger partial charge < -0.3 is 10.2 Å². The van der Waals surface area contributed by atoms with Gasteiger partial charge in [-0.25, -0.2) is 4.98 Å². The molecule has 1 aliphatic rings. The van der Waals surface area contributed by atoms with Gasteiger partial charge in [-0.05, 0) is 38.3 Å². The second-order valence-corrected chi connectivity index (χ2v) is 6.53. The van der Waals surface area contributed by atoms with Crippen LogP contribution in [-0.2, 0) is 0 Å². The first-order valence-corrected chi connectivity index (χ1v) is 8.79. The maximum absolute atomic E-state index is 9.38. The molecule has 2 aromatic rings. The van der Waals surface area contributed by atoms with Crippen LogP contribution in [-0.4, -0.2) is 18.1 Å². The van der Waals surface area contributed by atoms with Crippen LogP contribution in [0.3, 0.4) is 0 Å². The summed E-state index contributed by atoms with van der Waals surface area (Å²) in [6.07, 6.45) is 5.56. The summed E-state index contributed by atoms with van der Waals surface area (Å²) < 4.78 is 0. The average Bonchev–Trinajstić information content (AvgIpc) is 3.03. The molecule has 0 amide bonds. The molecule has 1 aromatic carbocycles. The largest absolute Gasteiger partial charge is 0.370 e. The van der Waals surface area contributed by atoms with Crippen LogP contribution in [0, 0.1) is 18.3 Å². The van der Waals surface area contributed by atoms with E-state index < -0.39 is 0 Å². The summed E-state index contributed by atoms with van der Waals surface area (Å²) >= 11 is 1.50. The highest BCUT2D eigenvalue weighted by Crippen LogP contribution is 2.29. The molecular weight excluding hydrogens is 304 g/mol. The second-order valence-electron chi connectivity index (χ2n) is 5.67. The van der Waals surface area contributed by atoms with E-state index >= 15 is 0 Å². The van der Waals surface area contributed by atoms with E-state index in [1.165, 1.54) is 36.3 Å². The summed E-state index contributed by atoms with van der Waals surface area (Å²) in [6, 6.07) is 10.5. The lowest BCUT2D eigenvalue weighted by Gasteiger charge is -2.30. The fourth-order valence-corrected chi connectivity index (χ4v) is 3.54. The van der Waals surface area contributed by atoms with Gasteiger partial charge in [-0.2, -0.15) is 5.26 Å². The normalized spacial score (nSPS) is 15.3. The number of anilines is 2. The molecule has 1 saturated heterocycles. The van der Waals surface area contributed by atoms with Gasteiger partial charge in [0.2, 0.25) is 0 Å². The van der Waals surface area contributed by atoms with E-state index in [4.69, 9.17) is 0 Å². The molecular formula is C18H20N4S. The number of hydrogen-bond donors (Lipinski definition) is 1. The van der Waals surface area contributed by atoms with E-state index in [1.54, 1.807) is 6.20 Å². The van der Waals surface area contributed by atoms with E-state index in [0.29, 0.717) is 5.57 Å². The van der Waals surface area contributed by atoms with Crippen molar-refractivity contribution in [1.82, 2.24) is 4.98 Å². The number of aryl methyl sites for hydroxylation is 1. The van der Waals surface area contributed by atoms with Crippen LogP contribution in [0.15, 0.2) is 35.8 Å². The Labute approximate surface area is 141 Å². The first-order valence-electron chi connectivity index (χ1n) is 7.91. The molecule has 1 aromatic heterocycles. The fraction of sp³-hybridized carbons (Fsp3) is 0.333. The van der Waals surface area contributed by atoms with Crippen molar-refractivity contribution >= 4 is 28.3 Å². The number of para-hydroxylation sites is 2. The number of rotatable bonds is 4. The fourth-order valence-electron chi connectivity index (χ4n) is 2.78. The lowest BCUT2D eigenvalue weighted by atomic mass is 10.1. The number of nitrogens with zero attached hydrogens (tertiary/aromatic N) is 3. The smallest absolute Gasteiger partial charge is 0.135 e. The van der Waals surface area contributed by atoms with Crippen LogP contribution < -0.4 is 10.2 Å². The molecule has 0 aliphatic carbocycles. The summed E-state index contributed by atoms with van der Waals surface area (Å²) in [6.45, 7) is 4.13. The standard InChI is InChI=1S/C18H20N4S/c1-14-13-23-18(21-14)15(11-19)12-20-16-7-3-4-8-17(16)22-9-5-2-6-10-22/h3-4,7-8,12-13,20H,2,5-6,9-10H2,1H3/b15-12+. The molecule has 0 saturated carbocycles. The lowest BCUT2D eigenvalue weighted by molar-refractivity contribution is 0.578. The molecule has 23 heavy (non-hydrogen) atoms. The molecule has 1 fully saturated rings. The van der Waals surface area contributed by atoms with Crippen molar-refractivity contribution in [3.8, 4) is 6.07 Å². The van der Waals surface area contributed by atoms with Crippen molar-refractivity contribution in [2.24, 2.45) is 0 Å². The zero-order valence-corrected chi connectivity index (χ0v) is 14.1. The van der Waals surface area contributed by atoms with Gasteiger partial charge in [-0.1, -0.05) is 12.1 Å². The van der Waals surface area contributed by atoms with Gasteiger partial charge in [0.15, 0.2) is 0 Å². The van der Waals surface area contributed by atoms with E-state index in [9.17, 15) is 5.26 Å². The SMILES string of the molecule is Cc1csc(/C(C#N)=C/Nc2ccccc2N2CCCCC2)n1. The minimum atomic E-state index is 0.566. The third kappa shape index (κ3) is 3.72. The van der Waals surface area contributed by atoms with Crippen LogP contribution in [0.2, 0.25) is 0 Å². The summed E-state index contributed by atoms with van der Waals surface area (Å²) in [5.41, 5.74) is 3.75. The maximum atomic E-state index is 9.38. The van der Waals surface area contributed by atoms with E-state index in [2.05, 4.69) is 39.5 Å². The number of nitriles is 1. The molecule has 4 nitrogen and oxygen atoms in total. The monoisotopic (exact) mass is 324 g/mol. The Balaban J connectivity index is 1.82. The first kappa shape index (κ1) is 15.6. The predicted octanol–water partition coefficient (Wildman–Crippen LogP) is 4.42. The Kier molecular flexibility index (Phi) is 4.94. The third-order valence-corrected chi connectivity index (χ3v) is 4.94. The van der Waals surface area contributed by atoms with Gasteiger partial charge in [0.05, 0.1) is 11.4 Å². The van der Waals surface area contributed by atoms with Crippen molar-refractivity contribution < 1.29 is 0 Å². The minimum absolute atomic E-state index is 0.566. The Morgan fingerprint density at radius 1 is 1.30 bits per heavy atom. The number of nitrogens with one attached hydrogen (secondary N) is 1. The summed E-state index contributed by atoms with van der Waals surface area (Å²) in [5.74, 6) is 0. The minimum Gasteiger partial charge on any atom is -0.370 e. The van der Waals surface area contributed by atoms with E-state index in [-0.39, 0.29) is 0 Å². The highest BCUT2D eigenvalue weighted by atomic mass is 32.1. The van der Waals surface area contributed by atoms with Crippen LogP contribution in [0.5, 0.6) is 0 Å². The zero-order chi connectivity index (χ0) is 16.1. The predicted molar refractivity (Wildman–Crippen MR) is 96.6 cm³/mol. The number of benzene rings is 1. The van der Waals surface area contributed by atoms with Crippen molar-refractivity contribution in [2.75, 3.05) is 23.3 Å². The van der Waals surface area contributed by atoms with E-state index in [1.807, 2.05) is 18.4 Å². The Morgan fingerprint density at radius 2 is 2.09 bits per heavy atom. The molecule has 2 heterocycles. The molecule has 1 aliphatic heterocycles. The number of aromatic nitrogens is 1. The first-order chi connectivity index (χ1) is 11.3. The number of piperidine rings is 1. The van der Waals surface area contributed by atoms with Gasteiger partial charge >= 0.3 is 0 Å². The second kappa shape index (κ2) is 7.30. The number of allylic oxidation sites excluding steroid dienone is 1. The highest BCUT2D eigenvalue weighted by molar-refractivity contribution is 7.10. The van der Waals surface area contributed by atoms with E-state index in [0.717, 1.165) is 29.5 Å². The van der Waals surface area contributed by atoms with Crippen LogP contribution >= 0.6 is 11.3 Å². The Hall–Kier alpha value is -2.32. The summed E-state index contributed by atoms with van der Waals surface area (Å²) in [7, 11) is 0. The highest BCUT2D eigenvalue weighted by Gasteiger charge is 2.14. The Bertz CT molecular complexity index is 735. The van der Waals surface area contributed by atoms with Gasteiger partial charge in [0.25, 0.3) is 0 Å². The quantitative estimate of drug-likeness (QED) is 0.846. The lowest BCUT2D eigenvalue weighted by Crippen LogP contribution is -2.29. The third-order valence-electron chi connectivity index (χ3n) is 3.94. The van der Waals surface area contributed by atoms with Gasteiger partial charge in [0.1, 0.15) is 16.6 Å². The van der Waals surface area contributed by atoms with Crippen molar-refractivity contribution in [1.29, 1.82) is 5.26 Å². The van der Waals surface area contributed by atoms with Crippen molar-refractivity contribution in [2.45, 2.75) is 26.2 Å². The van der Waals surface area contributed by atoms with Crippen LogP contribution in [0.1, 0.15) is 30.0 Å². The topological polar surface area (TPSA) is 52.0 Å². The molecule has 0 bridgehead atoms. The molecule has 1 N–H and O–H groups in total. The molecule has 3 rings (SSSR count). The Morgan fingerprint density at radius 3 is 2.78 bits per heavy atom. The van der Waals surface area contributed by atoms with Crippen LogP contribution in [0.4, 0.5) is 11.4 Å². The maximum Gasteiger partial charge on any atom is 0.135 e. The zero-order valence-electron chi connectivity index (χ0n) is 13.2. The van der Waals surface area contributed by atoms with Crippen LogP contribution in [0.25, 0.3) is 5.57 Å². The van der Waals surface area contributed by atoms with Crippen molar-refractivity contribution in [3.63, 3.8) is 0 Å². The molecule has 0 spiro atoms. The number of hydrogen-bond acceptors (Lipinski definition) is 5. The van der Waals surface area contributed by atoms with Gasteiger partial charge in [0, 0.05) is 30.4 Å². The molecule has 0 radical (unpaired) electrons. The summed E-state index contributed by atoms with van der Waals surface area (Å²) in [4.78, 5) is 6.80. The molecule has 0 unspecified atom stereocenters. The average molecular weight is 324 g/mol. The molecule has 118 valence electrons. The number of thiazole rings is 1. The van der Waals surface area contributed by atoms with Crippen molar-refractivity contribution in [3.05, 3.63) is 46.5 Å². The van der Waals surface area contributed by atoms with Gasteiger partial charge in [-0.15, -0.1) is 11.3 Å². The summed E-state index contributed by atoms with van der Waals surface area (Å²) in [5, 5.41) is 15.4. The van der Waals surface area contributed by atoms with Gasteiger partial charge in [-0.3, -0.25) is 0 Å². The molecule has 0 atom stereocenters. The molecule has 5 heteroatoms.